The van der Waals surface area contributed by atoms with Gasteiger partial charge >= 0.3 is 5.97 Å². The molecular weight excluding hydrogens is 226 g/mol. The quantitative estimate of drug-likeness (QED) is 0.693. The van der Waals surface area contributed by atoms with E-state index in [1.807, 2.05) is 14.1 Å². The first-order valence-corrected chi connectivity index (χ1v) is 7.14. The summed E-state index contributed by atoms with van der Waals surface area (Å²) in [5.74, 6) is 0.509. The molecule has 1 saturated carbocycles. The van der Waals surface area contributed by atoms with Gasteiger partial charge in [0.15, 0.2) is 0 Å². The summed E-state index contributed by atoms with van der Waals surface area (Å²) >= 11 is 0. The summed E-state index contributed by atoms with van der Waals surface area (Å²) in [5, 5.41) is 8.75. The van der Waals surface area contributed by atoms with Crippen molar-refractivity contribution in [3.05, 3.63) is 0 Å². The molecule has 4 nitrogen and oxygen atoms in total. The van der Waals surface area contributed by atoms with Crippen LogP contribution in [-0.4, -0.2) is 52.3 Å². The fourth-order valence-electron chi connectivity index (χ4n) is 1.83. The van der Waals surface area contributed by atoms with E-state index in [9.17, 15) is 9.00 Å². The Bertz CT molecular complexity index is 274. The third-order valence-electron chi connectivity index (χ3n) is 2.93. The van der Waals surface area contributed by atoms with Gasteiger partial charge in [0, 0.05) is 22.3 Å². The maximum Gasteiger partial charge on any atom is 0.303 e. The van der Waals surface area contributed by atoms with Crippen molar-refractivity contribution in [2.75, 3.05) is 32.1 Å². The summed E-state index contributed by atoms with van der Waals surface area (Å²) in [6.07, 6.45) is 2.96. The van der Waals surface area contributed by atoms with Gasteiger partial charge in [-0.3, -0.25) is 9.00 Å². The molecule has 0 heterocycles. The standard InChI is InChI=1S/C11H21NO3S/c1-12(2)6-3-7-16(15)9-11(4-5-11)8-10(13)14/h3-9H2,1-2H3,(H,13,14). The first kappa shape index (κ1) is 13.6. The lowest BCUT2D eigenvalue weighted by molar-refractivity contribution is -0.138. The molecule has 94 valence electrons. The Balaban J connectivity index is 2.21. The van der Waals surface area contributed by atoms with Gasteiger partial charge in [0.25, 0.3) is 0 Å². The van der Waals surface area contributed by atoms with Gasteiger partial charge in [0.2, 0.25) is 0 Å². The van der Waals surface area contributed by atoms with E-state index in [-0.39, 0.29) is 11.8 Å². The Hall–Kier alpha value is -0.420. The highest BCUT2D eigenvalue weighted by Gasteiger charge is 2.45. The van der Waals surface area contributed by atoms with Crippen LogP contribution in [0.3, 0.4) is 0 Å². The second-order valence-electron chi connectivity index (χ2n) is 5.02. The fourth-order valence-corrected chi connectivity index (χ4v) is 3.49. The van der Waals surface area contributed by atoms with E-state index in [1.54, 1.807) is 0 Å². The number of nitrogens with zero attached hydrogens (tertiary/aromatic N) is 1. The number of hydrogen-bond donors (Lipinski definition) is 1. The van der Waals surface area contributed by atoms with Crippen molar-refractivity contribution in [1.82, 2.24) is 4.90 Å². The average Bonchev–Trinajstić information content (AvgIpc) is 2.82. The topological polar surface area (TPSA) is 57.6 Å². The van der Waals surface area contributed by atoms with E-state index >= 15 is 0 Å². The molecule has 0 aromatic rings. The Labute approximate surface area is 99.5 Å². The maximum absolute atomic E-state index is 11.8. The van der Waals surface area contributed by atoms with E-state index in [4.69, 9.17) is 5.11 Å². The van der Waals surface area contributed by atoms with Crippen LogP contribution in [0.5, 0.6) is 0 Å². The number of aliphatic carboxylic acids is 1. The van der Waals surface area contributed by atoms with Crippen molar-refractivity contribution >= 4 is 16.8 Å². The minimum absolute atomic E-state index is 0.130. The van der Waals surface area contributed by atoms with Gasteiger partial charge in [0.05, 0.1) is 6.42 Å². The predicted octanol–water partition coefficient (Wildman–Crippen LogP) is 0.942. The molecule has 1 aliphatic carbocycles. The normalized spacial score (nSPS) is 19.7. The first-order valence-electron chi connectivity index (χ1n) is 5.65. The van der Waals surface area contributed by atoms with Gasteiger partial charge in [-0.2, -0.15) is 0 Å². The van der Waals surface area contributed by atoms with Gasteiger partial charge in [-0.15, -0.1) is 0 Å². The second-order valence-corrected chi connectivity index (χ2v) is 6.59. The number of carboxylic acid groups (broad SMARTS) is 1. The molecule has 0 spiro atoms. The lowest BCUT2D eigenvalue weighted by atomic mass is 10.1. The minimum Gasteiger partial charge on any atom is -0.481 e. The van der Waals surface area contributed by atoms with Crippen LogP contribution in [0.25, 0.3) is 0 Å². The van der Waals surface area contributed by atoms with Crippen molar-refractivity contribution in [3.8, 4) is 0 Å². The van der Waals surface area contributed by atoms with Crippen molar-refractivity contribution in [2.45, 2.75) is 25.7 Å². The van der Waals surface area contributed by atoms with Crippen LogP contribution in [0.2, 0.25) is 0 Å². The molecule has 16 heavy (non-hydrogen) atoms. The fraction of sp³-hybridized carbons (Fsp3) is 0.909. The molecule has 5 heteroatoms. The second kappa shape index (κ2) is 5.77. The first-order chi connectivity index (χ1) is 7.43. The molecule has 0 amide bonds. The molecule has 1 aliphatic rings. The third kappa shape index (κ3) is 5.07. The Morgan fingerprint density at radius 1 is 1.44 bits per heavy atom. The van der Waals surface area contributed by atoms with Crippen LogP contribution < -0.4 is 0 Å². The molecule has 1 N–H and O–H groups in total. The Morgan fingerprint density at radius 3 is 2.50 bits per heavy atom. The zero-order valence-electron chi connectivity index (χ0n) is 10.1. The van der Waals surface area contributed by atoms with Gasteiger partial charge in [0.1, 0.15) is 0 Å². The van der Waals surface area contributed by atoms with E-state index in [0.717, 1.165) is 25.8 Å². The van der Waals surface area contributed by atoms with Crippen LogP contribution in [0.15, 0.2) is 0 Å². The van der Waals surface area contributed by atoms with E-state index in [0.29, 0.717) is 11.5 Å². The summed E-state index contributed by atoms with van der Waals surface area (Å²) in [5.41, 5.74) is -0.130. The van der Waals surface area contributed by atoms with Crippen molar-refractivity contribution in [1.29, 1.82) is 0 Å². The van der Waals surface area contributed by atoms with Crippen LogP contribution >= 0.6 is 0 Å². The lowest BCUT2D eigenvalue weighted by Gasteiger charge is -2.13. The van der Waals surface area contributed by atoms with Gasteiger partial charge < -0.3 is 10.0 Å². The summed E-state index contributed by atoms with van der Waals surface area (Å²) in [6.45, 7) is 0.942. The SMILES string of the molecule is CN(C)CCCS(=O)CC1(CC(=O)O)CC1. The summed E-state index contributed by atoms with van der Waals surface area (Å²) in [6, 6.07) is 0. The molecule has 0 aliphatic heterocycles. The number of carbonyl (C=O) groups is 1. The predicted molar refractivity (Wildman–Crippen MR) is 65.0 cm³/mol. The molecule has 1 unspecified atom stereocenters. The Morgan fingerprint density at radius 2 is 2.06 bits per heavy atom. The highest BCUT2D eigenvalue weighted by atomic mass is 32.2. The molecule has 1 fully saturated rings. The molecule has 0 aromatic heterocycles. The van der Waals surface area contributed by atoms with Gasteiger partial charge in [-0.05, 0) is 45.3 Å². The molecule has 1 atom stereocenters. The van der Waals surface area contributed by atoms with E-state index in [1.165, 1.54) is 0 Å². The van der Waals surface area contributed by atoms with Crippen LogP contribution in [0.1, 0.15) is 25.7 Å². The number of carboxylic acids is 1. The van der Waals surface area contributed by atoms with Crippen molar-refractivity contribution < 1.29 is 14.1 Å². The average molecular weight is 247 g/mol. The molecule has 1 rings (SSSR count). The summed E-state index contributed by atoms with van der Waals surface area (Å²) < 4.78 is 11.8. The summed E-state index contributed by atoms with van der Waals surface area (Å²) in [4.78, 5) is 12.7. The molecular formula is C11H21NO3S. The highest BCUT2D eigenvalue weighted by molar-refractivity contribution is 7.85. The third-order valence-corrected chi connectivity index (χ3v) is 4.61. The van der Waals surface area contributed by atoms with E-state index < -0.39 is 16.8 Å². The Kier molecular flexibility index (Phi) is 4.92. The smallest absolute Gasteiger partial charge is 0.303 e. The van der Waals surface area contributed by atoms with Gasteiger partial charge in [-0.25, -0.2) is 0 Å². The van der Waals surface area contributed by atoms with Crippen LogP contribution in [0, 0.1) is 5.41 Å². The maximum atomic E-state index is 11.8. The molecule has 0 bridgehead atoms. The number of hydrogen-bond acceptors (Lipinski definition) is 3. The van der Waals surface area contributed by atoms with Crippen LogP contribution in [-0.2, 0) is 15.6 Å². The van der Waals surface area contributed by atoms with Crippen LogP contribution in [0.4, 0.5) is 0 Å². The van der Waals surface area contributed by atoms with Crippen molar-refractivity contribution in [2.24, 2.45) is 5.41 Å². The zero-order valence-corrected chi connectivity index (χ0v) is 10.9. The zero-order chi connectivity index (χ0) is 12.2. The lowest BCUT2D eigenvalue weighted by Crippen LogP contribution is -2.20. The monoisotopic (exact) mass is 247 g/mol. The molecule has 0 radical (unpaired) electrons. The summed E-state index contributed by atoms with van der Waals surface area (Å²) in [7, 11) is 3.14. The van der Waals surface area contributed by atoms with Crippen molar-refractivity contribution in [3.63, 3.8) is 0 Å². The largest absolute Gasteiger partial charge is 0.481 e. The number of rotatable bonds is 8. The minimum atomic E-state index is -0.850. The highest BCUT2D eigenvalue weighted by Crippen LogP contribution is 2.49. The van der Waals surface area contributed by atoms with Gasteiger partial charge in [-0.1, -0.05) is 0 Å². The molecule has 0 saturated heterocycles. The van der Waals surface area contributed by atoms with E-state index in [2.05, 4.69) is 4.90 Å². The molecule has 0 aromatic carbocycles.